The third-order valence-electron chi connectivity index (χ3n) is 4.62. The van der Waals surface area contributed by atoms with E-state index < -0.39 is 0 Å². The Balaban J connectivity index is 1.43. The molecule has 0 radical (unpaired) electrons. The van der Waals surface area contributed by atoms with E-state index in [9.17, 15) is 0 Å². The van der Waals surface area contributed by atoms with E-state index in [-0.39, 0.29) is 12.7 Å². The highest BCUT2D eigenvalue weighted by Gasteiger charge is 2.11. The molecule has 0 spiro atoms. The second kappa shape index (κ2) is 8.67. The Kier molecular flexibility index (Phi) is 5.63. The summed E-state index contributed by atoms with van der Waals surface area (Å²) in [6.45, 7) is 2.26. The number of benzene rings is 2. The van der Waals surface area contributed by atoms with Crippen LogP contribution in [0, 0.1) is 0 Å². The first-order valence-corrected chi connectivity index (χ1v) is 9.33. The first kappa shape index (κ1) is 18.8. The lowest BCUT2D eigenvalue weighted by Crippen LogP contribution is -1.97. The van der Waals surface area contributed by atoms with E-state index >= 15 is 0 Å². The molecule has 0 N–H and O–H groups in total. The van der Waals surface area contributed by atoms with E-state index in [1.807, 2.05) is 61.5 Å². The summed E-state index contributed by atoms with van der Waals surface area (Å²) in [5, 5.41) is 3.97. The van der Waals surface area contributed by atoms with Crippen molar-refractivity contribution >= 4 is 0 Å². The third kappa shape index (κ3) is 4.50. The van der Waals surface area contributed by atoms with E-state index in [0.717, 1.165) is 28.1 Å². The van der Waals surface area contributed by atoms with Gasteiger partial charge < -0.3 is 14.0 Å². The number of pyridine rings is 1. The van der Waals surface area contributed by atoms with Crippen molar-refractivity contribution in [1.29, 1.82) is 0 Å². The van der Waals surface area contributed by atoms with Crippen LogP contribution >= 0.6 is 0 Å². The van der Waals surface area contributed by atoms with Gasteiger partial charge in [-0.15, -0.1) is 0 Å². The van der Waals surface area contributed by atoms with Crippen LogP contribution in [0.3, 0.4) is 0 Å². The molecule has 0 amide bonds. The van der Waals surface area contributed by atoms with Gasteiger partial charge in [-0.25, -0.2) is 0 Å². The standard InChI is InChI=1S/C23H21N3O3/c1-16(27-2)17-8-10-18(11-9-17)21-13-12-19(14-24-21)23-25-22(26-29-23)15-28-20-6-4-3-5-7-20/h3-14,16H,15H2,1-2H3/t16-/m1/s1. The highest BCUT2D eigenvalue weighted by atomic mass is 16.5. The Hall–Kier alpha value is -3.51. The maximum Gasteiger partial charge on any atom is 0.259 e. The minimum Gasteiger partial charge on any atom is -0.485 e. The Bertz CT molecular complexity index is 1040. The molecule has 6 nitrogen and oxygen atoms in total. The van der Waals surface area contributed by atoms with E-state index in [0.29, 0.717) is 11.7 Å². The largest absolute Gasteiger partial charge is 0.485 e. The number of hydrogen-bond donors (Lipinski definition) is 0. The summed E-state index contributed by atoms with van der Waals surface area (Å²) < 4.78 is 16.3. The number of methoxy groups -OCH3 is 1. The predicted octanol–water partition coefficient (Wildman–Crippen LogP) is 5.09. The minimum absolute atomic E-state index is 0.0666. The smallest absolute Gasteiger partial charge is 0.259 e. The molecule has 6 heteroatoms. The van der Waals surface area contributed by atoms with Gasteiger partial charge in [0.25, 0.3) is 5.89 Å². The molecule has 0 unspecified atom stereocenters. The molecule has 0 bridgehead atoms. The molecule has 2 heterocycles. The quantitative estimate of drug-likeness (QED) is 0.440. The number of nitrogens with zero attached hydrogens (tertiary/aromatic N) is 3. The van der Waals surface area contributed by atoms with Gasteiger partial charge in [-0.2, -0.15) is 4.98 Å². The molecular weight excluding hydrogens is 366 g/mol. The number of aromatic nitrogens is 3. The van der Waals surface area contributed by atoms with Crippen molar-refractivity contribution < 1.29 is 14.0 Å². The van der Waals surface area contributed by atoms with Gasteiger partial charge in [-0.3, -0.25) is 4.98 Å². The molecule has 4 aromatic rings. The summed E-state index contributed by atoms with van der Waals surface area (Å²) in [5.41, 5.74) is 3.80. The van der Waals surface area contributed by atoms with Gasteiger partial charge in [0.05, 0.1) is 17.4 Å². The summed E-state index contributed by atoms with van der Waals surface area (Å²) in [6.07, 6.45) is 1.80. The van der Waals surface area contributed by atoms with E-state index in [1.165, 1.54) is 0 Å². The van der Waals surface area contributed by atoms with Crippen LogP contribution in [0.5, 0.6) is 5.75 Å². The van der Waals surface area contributed by atoms with Crippen molar-refractivity contribution in [3.63, 3.8) is 0 Å². The lowest BCUT2D eigenvalue weighted by atomic mass is 10.1. The van der Waals surface area contributed by atoms with Gasteiger partial charge in [0, 0.05) is 18.9 Å². The van der Waals surface area contributed by atoms with Crippen LogP contribution in [0.25, 0.3) is 22.7 Å². The number of rotatable bonds is 7. The molecule has 1 atom stereocenters. The van der Waals surface area contributed by atoms with Gasteiger partial charge in [-0.1, -0.05) is 47.6 Å². The van der Waals surface area contributed by atoms with Crippen LogP contribution in [0.4, 0.5) is 0 Å². The fourth-order valence-corrected chi connectivity index (χ4v) is 2.85. The van der Waals surface area contributed by atoms with Gasteiger partial charge in [0.1, 0.15) is 5.75 Å². The second-order valence-corrected chi connectivity index (χ2v) is 6.55. The summed E-state index contributed by atoms with van der Waals surface area (Å²) in [4.78, 5) is 8.91. The van der Waals surface area contributed by atoms with Crippen molar-refractivity contribution in [2.75, 3.05) is 7.11 Å². The predicted molar refractivity (Wildman–Crippen MR) is 109 cm³/mol. The van der Waals surface area contributed by atoms with E-state index in [4.69, 9.17) is 14.0 Å². The van der Waals surface area contributed by atoms with Gasteiger partial charge in [-0.05, 0) is 36.8 Å². The maximum atomic E-state index is 5.64. The van der Waals surface area contributed by atoms with E-state index in [1.54, 1.807) is 13.3 Å². The molecule has 2 aromatic carbocycles. The molecule has 0 saturated carbocycles. The van der Waals surface area contributed by atoms with Crippen molar-refractivity contribution in [1.82, 2.24) is 15.1 Å². The molecule has 0 saturated heterocycles. The zero-order valence-corrected chi connectivity index (χ0v) is 16.3. The van der Waals surface area contributed by atoms with Crippen LogP contribution in [0.15, 0.2) is 77.4 Å². The zero-order valence-electron chi connectivity index (χ0n) is 16.3. The molecule has 0 aliphatic rings. The summed E-state index contributed by atoms with van der Waals surface area (Å²) in [5.74, 6) is 1.66. The summed E-state index contributed by atoms with van der Waals surface area (Å²) >= 11 is 0. The lowest BCUT2D eigenvalue weighted by Gasteiger charge is -2.10. The van der Waals surface area contributed by atoms with Crippen molar-refractivity contribution in [2.24, 2.45) is 0 Å². The Morgan fingerprint density at radius 2 is 1.69 bits per heavy atom. The van der Waals surface area contributed by atoms with Crippen molar-refractivity contribution in [2.45, 2.75) is 19.6 Å². The summed E-state index contributed by atoms with van der Waals surface area (Å²) in [6, 6.07) is 21.6. The number of para-hydroxylation sites is 1. The first-order valence-electron chi connectivity index (χ1n) is 9.33. The topological polar surface area (TPSA) is 70.3 Å². The zero-order chi connectivity index (χ0) is 20.1. The fourth-order valence-electron chi connectivity index (χ4n) is 2.85. The Morgan fingerprint density at radius 3 is 2.38 bits per heavy atom. The number of hydrogen-bond acceptors (Lipinski definition) is 6. The molecule has 29 heavy (non-hydrogen) atoms. The molecule has 4 rings (SSSR count). The fraction of sp³-hybridized carbons (Fsp3) is 0.174. The molecule has 0 aliphatic heterocycles. The highest BCUT2D eigenvalue weighted by molar-refractivity contribution is 5.62. The maximum absolute atomic E-state index is 5.64. The Morgan fingerprint density at radius 1 is 0.931 bits per heavy atom. The third-order valence-corrected chi connectivity index (χ3v) is 4.62. The Labute approximate surface area is 169 Å². The average molecular weight is 387 g/mol. The van der Waals surface area contributed by atoms with Gasteiger partial charge >= 0.3 is 0 Å². The van der Waals surface area contributed by atoms with Gasteiger partial charge in [0.2, 0.25) is 5.82 Å². The molecule has 0 fully saturated rings. The average Bonchev–Trinajstić information content (AvgIpc) is 3.27. The molecular formula is C23H21N3O3. The molecule has 2 aromatic heterocycles. The second-order valence-electron chi connectivity index (χ2n) is 6.55. The van der Waals surface area contributed by atoms with Crippen LogP contribution in [-0.2, 0) is 11.3 Å². The van der Waals surface area contributed by atoms with E-state index in [2.05, 4.69) is 27.3 Å². The first-order chi connectivity index (χ1) is 14.2. The van der Waals surface area contributed by atoms with Crippen LogP contribution in [-0.4, -0.2) is 22.2 Å². The lowest BCUT2D eigenvalue weighted by molar-refractivity contribution is 0.119. The normalized spacial score (nSPS) is 11.9. The van der Waals surface area contributed by atoms with Crippen LogP contribution in [0.1, 0.15) is 24.4 Å². The van der Waals surface area contributed by atoms with Crippen molar-refractivity contribution in [3.8, 4) is 28.5 Å². The molecule has 146 valence electrons. The van der Waals surface area contributed by atoms with Crippen LogP contribution < -0.4 is 4.74 Å². The monoisotopic (exact) mass is 387 g/mol. The van der Waals surface area contributed by atoms with Gasteiger partial charge in [0.15, 0.2) is 6.61 Å². The highest BCUT2D eigenvalue weighted by Crippen LogP contribution is 2.24. The van der Waals surface area contributed by atoms with Crippen molar-refractivity contribution in [3.05, 3.63) is 84.3 Å². The minimum atomic E-state index is 0.0666. The summed E-state index contributed by atoms with van der Waals surface area (Å²) in [7, 11) is 1.70. The number of ether oxygens (including phenoxy) is 2. The van der Waals surface area contributed by atoms with Crippen LogP contribution in [0.2, 0.25) is 0 Å². The SMILES string of the molecule is CO[C@H](C)c1ccc(-c2ccc(-c3nc(COc4ccccc4)no3)cn2)cc1. The molecule has 0 aliphatic carbocycles.